The lowest BCUT2D eigenvalue weighted by Gasteiger charge is -2.36. The van der Waals surface area contributed by atoms with Crippen molar-refractivity contribution >= 4 is 30.7 Å². The normalized spacial score (nSPS) is 13.5. The molecule has 0 aromatic heterocycles. The molecule has 24 heavy (non-hydrogen) atoms. The fourth-order valence-electron chi connectivity index (χ4n) is 3.20. The number of anilines is 2. The summed E-state index contributed by atoms with van der Waals surface area (Å²) in [5, 5.41) is 0.857. The topological polar surface area (TPSA) is 6.48 Å². The average molecular weight is 357 g/mol. The van der Waals surface area contributed by atoms with E-state index in [1.165, 1.54) is 11.4 Å². The van der Waals surface area contributed by atoms with E-state index in [0.717, 1.165) is 5.16 Å². The molecule has 0 aliphatic rings. The summed E-state index contributed by atoms with van der Waals surface area (Å²) in [4.78, 5) is 0. The van der Waals surface area contributed by atoms with Gasteiger partial charge in [0.05, 0.1) is 0 Å². The first-order valence-corrected chi connectivity index (χ1v) is 12.0. The van der Waals surface area contributed by atoms with Crippen molar-refractivity contribution in [1.29, 1.82) is 0 Å². The monoisotopic (exact) mass is 356 g/mol. The summed E-state index contributed by atoms with van der Waals surface area (Å²) < 4.78 is 5.36. The van der Waals surface area contributed by atoms with E-state index in [9.17, 15) is 0 Å². The molecule has 2 aromatic carbocycles. The lowest BCUT2D eigenvalue weighted by Crippen LogP contribution is -2.43. The maximum Gasteiger partial charge on any atom is 0.125 e. The van der Waals surface area contributed by atoms with E-state index in [1.807, 2.05) is 0 Å². The molecule has 0 spiro atoms. The largest absolute Gasteiger partial charge is 0.401 e. The Kier molecular flexibility index (Phi) is 7.12. The Balaban J connectivity index is 2.08. The van der Waals surface area contributed by atoms with Gasteiger partial charge < -0.3 is 9.13 Å². The minimum Gasteiger partial charge on any atom is -0.401 e. The number of hydrogen-bond acceptors (Lipinski definition) is 2. The number of rotatable bonds is 8. The maximum atomic E-state index is 2.68. The Bertz CT molecular complexity index is 534. The lowest BCUT2D eigenvalue weighted by molar-refractivity contribution is 0.808. The summed E-state index contributed by atoms with van der Waals surface area (Å²) >= 11 is 0. The van der Waals surface area contributed by atoms with E-state index in [4.69, 9.17) is 0 Å². The molecule has 0 bridgehead atoms. The number of hydrogen-bond donors (Lipinski definition) is 0. The van der Waals surface area contributed by atoms with Crippen LogP contribution in [0.1, 0.15) is 34.6 Å². The first-order valence-electron chi connectivity index (χ1n) is 9.12. The summed E-state index contributed by atoms with van der Waals surface area (Å²) in [5.74, 6) is 0. The van der Waals surface area contributed by atoms with Gasteiger partial charge in [-0.2, -0.15) is 0 Å². The fraction of sp³-hybridized carbons (Fsp3) is 0.400. The van der Waals surface area contributed by atoms with Crippen molar-refractivity contribution in [2.24, 2.45) is 0 Å². The highest BCUT2D eigenvalue weighted by Crippen LogP contribution is 2.21. The number of nitrogens with zero attached hydrogens (tertiary/aromatic N) is 2. The molecule has 0 saturated carbocycles. The Hall–Kier alpha value is -1.53. The van der Waals surface area contributed by atoms with Gasteiger partial charge in [0.15, 0.2) is 0 Å². The Morgan fingerprint density at radius 3 is 1.21 bits per heavy atom. The zero-order chi connectivity index (χ0) is 17.5. The van der Waals surface area contributed by atoms with Gasteiger partial charge in [-0.05, 0) is 57.1 Å². The van der Waals surface area contributed by atoms with Crippen molar-refractivity contribution in [3.63, 3.8) is 0 Å². The van der Waals surface area contributed by atoms with Crippen molar-refractivity contribution in [3.8, 4) is 0 Å². The third kappa shape index (κ3) is 5.25. The van der Waals surface area contributed by atoms with Crippen LogP contribution in [0, 0.1) is 0 Å². The first kappa shape index (κ1) is 18.8. The fourth-order valence-corrected chi connectivity index (χ4v) is 8.36. The van der Waals surface area contributed by atoms with Crippen LogP contribution in [0.3, 0.4) is 0 Å². The molecule has 4 heteroatoms. The van der Waals surface area contributed by atoms with Crippen LogP contribution in [0.15, 0.2) is 60.7 Å². The second kappa shape index (κ2) is 9.09. The molecule has 0 fully saturated rings. The molecule has 2 rings (SSSR count). The molecule has 0 aliphatic heterocycles. The van der Waals surface area contributed by atoms with Gasteiger partial charge in [-0.1, -0.05) is 43.3 Å². The van der Waals surface area contributed by atoms with Gasteiger partial charge in [0.1, 0.15) is 19.4 Å². The smallest absolute Gasteiger partial charge is 0.125 e. The summed E-state index contributed by atoms with van der Waals surface area (Å²) in [6, 6.07) is 23.1. The Morgan fingerprint density at radius 1 is 0.583 bits per heavy atom. The molecule has 2 nitrogen and oxygen atoms in total. The van der Waals surface area contributed by atoms with Crippen LogP contribution >= 0.6 is 0 Å². The molecular formula is C20H32N2Si2. The Labute approximate surface area is 152 Å². The molecule has 0 radical (unpaired) electrons. The molecule has 0 aliphatic carbocycles. The second-order valence-electron chi connectivity index (χ2n) is 7.27. The summed E-state index contributed by atoms with van der Waals surface area (Å²) in [6.45, 7) is 11.8. The van der Waals surface area contributed by atoms with Gasteiger partial charge in [0.25, 0.3) is 0 Å². The van der Waals surface area contributed by atoms with Crippen molar-refractivity contribution < 1.29 is 0 Å². The molecule has 130 valence electrons. The highest BCUT2D eigenvalue weighted by molar-refractivity contribution is 6.63. The molecule has 0 atom stereocenters. The third-order valence-corrected chi connectivity index (χ3v) is 10.2. The maximum absolute atomic E-state index is 2.68. The minimum atomic E-state index is -0.322. The van der Waals surface area contributed by atoms with Gasteiger partial charge in [0, 0.05) is 23.5 Å². The van der Waals surface area contributed by atoms with Crippen molar-refractivity contribution in [3.05, 3.63) is 60.7 Å². The van der Waals surface area contributed by atoms with Crippen LogP contribution in [-0.4, -0.2) is 31.4 Å². The van der Waals surface area contributed by atoms with Gasteiger partial charge in [-0.3, -0.25) is 0 Å². The van der Waals surface area contributed by atoms with Gasteiger partial charge in [-0.15, -0.1) is 0 Å². The van der Waals surface area contributed by atoms with Crippen LogP contribution < -0.4 is 9.13 Å². The molecule has 0 amide bonds. The van der Waals surface area contributed by atoms with Crippen LogP contribution in [0.4, 0.5) is 11.4 Å². The van der Waals surface area contributed by atoms with Crippen LogP contribution in [-0.2, 0) is 0 Å². The van der Waals surface area contributed by atoms with Gasteiger partial charge >= 0.3 is 0 Å². The van der Waals surface area contributed by atoms with E-state index in [2.05, 4.69) is 104 Å². The molecule has 0 heterocycles. The van der Waals surface area contributed by atoms with E-state index in [1.54, 1.807) is 0 Å². The van der Waals surface area contributed by atoms with E-state index < -0.39 is 0 Å². The highest BCUT2D eigenvalue weighted by atomic mass is 28.3. The number of para-hydroxylation sites is 2. The zero-order valence-electron chi connectivity index (χ0n) is 15.8. The van der Waals surface area contributed by atoms with Gasteiger partial charge in [0.2, 0.25) is 0 Å². The van der Waals surface area contributed by atoms with Crippen molar-refractivity contribution in [2.45, 2.75) is 51.9 Å². The second-order valence-corrected chi connectivity index (χ2v) is 13.3. The zero-order valence-corrected chi connectivity index (χ0v) is 18.6. The first-order chi connectivity index (χ1) is 11.5. The van der Waals surface area contributed by atoms with Crippen LogP contribution in [0.25, 0.3) is 0 Å². The lowest BCUT2D eigenvalue weighted by atomic mass is 10.3. The molecule has 0 unspecified atom stereocenters. The minimum absolute atomic E-state index is 0.322. The molecule has 2 aromatic rings. The van der Waals surface area contributed by atoms with Crippen molar-refractivity contribution in [1.82, 2.24) is 0 Å². The van der Waals surface area contributed by atoms with Crippen molar-refractivity contribution in [2.75, 3.05) is 9.13 Å². The standard InChI is InChI=1S/C20H32N2Si2/c1-16(2)21(19-12-8-6-9-13-19)23-18(5)24-22(17(3)4)20-14-10-7-11-15-20/h6-18H,23-24H2,1-5H3. The predicted octanol–water partition coefficient (Wildman–Crippen LogP) is 3.75. The van der Waals surface area contributed by atoms with Gasteiger partial charge in [-0.25, -0.2) is 0 Å². The Morgan fingerprint density at radius 2 is 0.917 bits per heavy atom. The van der Waals surface area contributed by atoms with E-state index in [0.29, 0.717) is 12.1 Å². The third-order valence-electron chi connectivity index (χ3n) is 4.44. The molecule has 0 saturated heterocycles. The quantitative estimate of drug-likeness (QED) is 0.665. The van der Waals surface area contributed by atoms with Crippen LogP contribution in [0.5, 0.6) is 0 Å². The SMILES string of the molecule is CC([SiH2]N(c1ccccc1)C(C)C)[SiH2]N(c1ccccc1)C(C)C. The number of benzene rings is 2. The summed E-state index contributed by atoms with van der Waals surface area (Å²) in [5.41, 5.74) is 2.80. The summed E-state index contributed by atoms with van der Waals surface area (Å²) in [7, 11) is -0.645. The van der Waals surface area contributed by atoms with E-state index in [-0.39, 0.29) is 19.4 Å². The molecule has 0 N–H and O–H groups in total. The van der Waals surface area contributed by atoms with E-state index >= 15 is 0 Å². The predicted molar refractivity (Wildman–Crippen MR) is 115 cm³/mol. The van der Waals surface area contributed by atoms with Crippen LogP contribution in [0.2, 0.25) is 5.16 Å². The summed E-state index contributed by atoms with van der Waals surface area (Å²) in [6.07, 6.45) is 0. The average Bonchev–Trinajstić information content (AvgIpc) is 2.58. The molecular weight excluding hydrogens is 324 g/mol. The highest BCUT2D eigenvalue weighted by Gasteiger charge is 2.19.